The van der Waals surface area contributed by atoms with E-state index < -0.39 is 5.91 Å². The Kier molecular flexibility index (Phi) is 3.84. The second kappa shape index (κ2) is 5.37. The van der Waals surface area contributed by atoms with Gasteiger partial charge in [0.15, 0.2) is 0 Å². The summed E-state index contributed by atoms with van der Waals surface area (Å²) < 4.78 is 5.36. The number of primary amides is 1. The van der Waals surface area contributed by atoms with Gasteiger partial charge in [0.25, 0.3) is 0 Å². The van der Waals surface area contributed by atoms with Crippen LogP contribution in [0.5, 0.6) is 0 Å². The van der Waals surface area contributed by atoms with Crippen LogP contribution in [0.15, 0.2) is 18.2 Å². The highest BCUT2D eigenvalue weighted by atomic mass is 16.5. The molecular formula is C13H19N3O2. The number of nitrogens with zero attached hydrogens (tertiary/aromatic N) is 1. The van der Waals surface area contributed by atoms with Gasteiger partial charge < -0.3 is 16.2 Å². The van der Waals surface area contributed by atoms with Crippen molar-refractivity contribution in [2.45, 2.75) is 19.0 Å². The number of amides is 1. The van der Waals surface area contributed by atoms with Crippen LogP contribution in [-0.4, -0.2) is 37.1 Å². The van der Waals surface area contributed by atoms with E-state index in [0.29, 0.717) is 17.3 Å². The smallest absolute Gasteiger partial charge is 0.248 e. The van der Waals surface area contributed by atoms with Crippen molar-refractivity contribution in [1.82, 2.24) is 4.90 Å². The molecule has 1 fully saturated rings. The van der Waals surface area contributed by atoms with Crippen LogP contribution < -0.4 is 11.5 Å². The third kappa shape index (κ3) is 2.80. The maximum atomic E-state index is 11.0. The van der Waals surface area contributed by atoms with Crippen molar-refractivity contribution in [3.05, 3.63) is 29.3 Å². The third-order valence-corrected chi connectivity index (χ3v) is 3.38. The number of carbonyl (C=O) groups is 1. The summed E-state index contributed by atoms with van der Waals surface area (Å²) in [6.07, 6.45) is 1.05. The van der Waals surface area contributed by atoms with Crippen molar-refractivity contribution in [2.24, 2.45) is 5.73 Å². The molecule has 1 heterocycles. The van der Waals surface area contributed by atoms with Gasteiger partial charge in [0, 0.05) is 30.4 Å². The summed E-state index contributed by atoms with van der Waals surface area (Å²) in [7, 11) is 2.06. The standard InChI is InChI=1S/C13H19N3O2/c1-16(11-4-5-18-8-11)7-10-3-2-9(13(15)17)6-12(10)14/h2-3,6,11H,4-5,7-8,14H2,1H3,(H2,15,17). The van der Waals surface area contributed by atoms with Crippen molar-refractivity contribution in [2.75, 3.05) is 26.0 Å². The molecule has 1 unspecified atom stereocenters. The first-order valence-electron chi connectivity index (χ1n) is 6.04. The Labute approximate surface area is 107 Å². The number of hydrogen-bond acceptors (Lipinski definition) is 4. The molecule has 0 spiro atoms. The zero-order valence-electron chi connectivity index (χ0n) is 10.6. The molecule has 1 aliphatic heterocycles. The molecular weight excluding hydrogens is 230 g/mol. The maximum Gasteiger partial charge on any atom is 0.248 e. The second-order valence-corrected chi connectivity index (χ2v) is 4.71. The Bertz CT molecular complexity index is 442. The number of rotatable bonds is 4. The highest BCUT2D eigenvalue weighted by Crippen LogP contribution is 2.19. The van der Waals surface area contributed by atoms with E-state index in [4.69, 9.17) is 16.2 Å². The molecule has 0 radical (unpaired) electrons. The van der Waals surface area contributed by atoms with E-state index in [2.05, 4.69) is 11.9 Å². The van der Waals surface area contributed by atoms with Gasteiger partial charge in [-0.2, -0.15) is 0 Å². The van der Waals surface area contributed by atoms with Gasteiger partial charge in [0.2, 0.25) is 5.91 Å². The number of hydrogen-bond donors (Lipinski definition) is 2. The topological polar surface area (TPSA) is 81.6 Å². The van der Waals surface area contributed by atoms with Crippen LogP contribution in [0.4, 0.5) is 5.69 Å². The van der Waals surface area contributed by atoms with E-state index in [-0.39, 0.29) is 0 Å². The minimum absolute atomic E-state index is 0.445. The number of nitrogens with two attached hydrogens (primary N) is 2. The van der Waals surface area contributed by atoms with Gasteiger partial charge in [-0.1, -0.05) is 6.07 Å². The summed E-state index contributed by atoms with van der Waals surface area (Å²) in [6.45, 7) is 2.35. The molecule has 4 N–H and O–H groups in total. The molecule has 0 bridgehead atoms. The van der Waals surface area contributed by atoms with Crippen molar-refractivity contribution in [3.8, 4) is 0 Å². The van der Waals surface area contributed by atoms with Crippen LogP contribution in [0.25, 0.3) is 0 Å². The minimum Gasteiger partial charge on any atom is -0.398 e. The summed E-state index contributed by atoms with van der Waals surface area (Å²) in [6, 6.07) is 5.66. The summed E-state index contributed by atoms with van der Waals surface area (Å²) in [5, 5.41) is 0. The zero-order valence-corrected chi connectivity index (χ0v) is 10.6. The Morgan fingerprint density at radius 1 is 1.56 bits per heavy atom. The highest BCUT2D eigenvalue weighted by Gasteiger charge is 2.20. The number of likely N-dealkylation sites (N-methyl/N-ethyl adjacent to an activating group) is 1. The molecule has 18 heavy (non-hydrogen) atoms. The van der Waals surface area contributed by atoms with E-state index in [9.17, 15) is 4.79 Å². The van der Waals surface area contributed by atoms with Gasteiger partial charge in [0.1, 0.15) is 0 Å². The molecule has 1 aliphatic rings. The first kappa shape index (κ1) is 12.9. The molecule has 98 valence electrons. The van der Waals surface area contributed by atoms with E-state index in [1.807, 2.05) is 6.07 Å². The molecule has 5 nitrogen and oxygen atoms in total. The van der Waals surface area contributed by atoms with Gasteiger partial charge in [-0.3, -0.25) is 9.69 Å². The number of benzene rings is 1. The van der Waals surface area contributed by atoms with Crippen LogP contribution >= 0.6 is 0 Å². The Morgan fingerprint density at radius 2 is 2.33 bits per heavy atom. The Balaban J connectivity index is 2.06. The first-order chi connectivity index (χ1) is 8.58. The lowest BCUT2D eigenvalue weighted by Crippen LogP contribution is -2.31. The summed E-state index contributed by atoms with van der Waals surface area (Å²) in [4.78, 5) is 13.3. The number of anilines is 1. The fourth-order valence-corrected chi connectivity index (χ4v) is 2.16. The summed E-state index contributed by atoms with van der Waals surface area (Å²) in [5.74, 6) is -0.453. The molecule has 0 aromatic heterocycles. The van der Waals surface area contributed by atoms with Gasteiger partial charge in [-0.05, 0) is 31.2 Å². The maximum absolute atomic E-state index is 11.0. The fourth-order valence-electron chi connectivity index (χ4n) is 2.16. The van der Waals surface area contributed by atoms with Gasteiger partial charge >= 0.3 is 0 Å². The number of nitrogen functional groups attached to an aromatic ring is 1. The van der Waals surface area contributed by atoms with E-state index >= 15 is 0 Å². The minimum atomic E-state index is -0.453. The van der Waals surface area contributed by atoms with Crippen molar-refractivity contribution in [3.63, 3.8) is 0 Å². The fraction of sp³-hybridized carbons (Fsp3) is 0.462. The predicted molar refractivity (Wildman–Crippen MR) is 70.1 cm³/mol. The van der Waals surface area contributed by atoms with Crippen LogP contribution in [0, 0.1) is 0 Å². The largest absolute Gasteiger partial charge is 0.398 e. The van der Waals surface area contributed by atoms with Crippen LogP contribution in [0.2, 0.25) is 0 Å². The molecule has 1 aromatic carbocycles. The average Bonchev–Trinajstić information content (AvgIpc) is 2.85. The van der Waals surface area contributed by atoms with Crippen molar-refractivity contribution < 1.29 is 9.53 Å². The quantitative estimate of drug-likeness (QED) is 0.765. The second-order valence-electron chi connectivity index (χ2n) is 4.71. The van der Waals surface area contributed by atoms with E-state index in [1.54, 1.807) is 12.1 Å². The van der Waals surface area contributed by atoms with E-state index in [1.165, 1.54) is 0 Å². The lowest BCUT2D eigenvalue weighted by Gasteiger charge is -2.23. The van der Waals surface area contributed by atoms with Crippen LogP contribution in [-0.2, 0) is 11.3 Å². The predicted octanol–water partition coefficient (Wildman–Crippen LogP) is 0.588. The first-order valence-corrected chi connectivity index (χ1v) is 6.04. The van der Waals surface area contributed by atoms with Gasteiger partial charge in [-0.25, -0.2) is 0 Å². The van der Waals surface area contributed by atoms with E-state index in [0.717, 1.165) is 31.7 Å². The van der Waals surface area contributed by atoms with Gasteiger partial charge in [-0.15, -0.1) is 0 Å². The molecule has 1 atom stereocenters. The van der Waals surface area contributed by atoms with Gasteiger partial charge in [0.05, 0.1) is 6.61 Å². The van der Waals surface area contributed by atoms with Crippen molar-refractivity contribution >= 4 is 11.6 Å². The molecule has 1 aromatic rings. The number of carbonyl (C=O) groups excluding carboxylic acids is 1. The van der Waals surface area contributed by atoms with Crippen LogP contribution in [0.3, 0.4) is 0 Å². The zero-order chi connectivity index (χ0) is 13.1. The molecule has 1 amide bonds. The summed E-state index contributed by atoms with van der Waals surface area (Å²) in [5.41, 5.74) is 13.2. The highest BCUT2D eigenvalue weighted by molar-refractivity contribution is 5.93. The Hall–Kier alpha value is -1.59. The average molecular weight is 249 g/mol. The molecule has 0 saturated carbocycles. The lowest BCUT2D eigenvalue weighted by atomic mass is 10.1. The molecule has 5 heteroatoms. The normalized spacial score (nSPS) is 19.3. The SMILES string of the molecule is CN(Cc1ccc(C(N)=O)cc1N)C1CCOC1. The number of ether oxygens (including phenoxy) is 1. The lowest BCUT2D eigenvalue weighted by molar-refractivity contribution is 0.100. The molecule has 1 saturated heterocycles. The summed E-state index contributed by atoms with van der Waals surface area (Å²) >= 11 is 0. The third-order valence-electron chi connectivity index (χ3n) is 3.38. The molecule has 0 aliphatic carbocycles. The monoisotopic (exact) mass is 249 g/mol. The van der Waals surface area contributed by atoms with Crippen LogP contribution in [0.1, 0.15) is 22.3 Å². The molecule has 2 rings (SSSR count). The van der Waals surface area contributed by atoms with Crippen molar-refractivity contribution in [1.29, 1.82) is 0 Å². The Morgan fingerprint density at radius 3 is 2.89 bits per heavy atom.